The predicted octanol–water partition coefficient (Wildman–Crippen LogP) is 2.84. The molecule has 15 heteroatoms. The van der Waals surface area contributed by atoms with Gasteiger partial charge in [0.2, 0.25) is 0 Å². The van der Waals surface area contributed by atoms with Crippen molar-refractivity contribution in [3.8, 4) is 11.1 Å². The van der Waals surface area contributed by atoms with Gasteiger partial charge in [0.05, 0.1) is 18.3 Å². The number of piperazine rings is 1. The number of benzene rings is 1. The molecule has 1 saturated heterocycles. The fourth-order valence-electron chi connectivity index (χ4n) is 4.62. The number of amides is 1. The van der Waals surface area contributed by atoms with Crippen LogP contribution in [0.15, 0.2) is 47.5 Å². The Hall–Kier alpha value is -3.79. The van der Waals surface area contributed by atoms with Crippen LogP contribution in [0.3, 0.4) is 0 Å². The first-order valence-electron chi connectivity index (χ1n) is 12.6. The Kier molecular flexibility index (Phi) is 8.16. The smallest absolute Gasteiger partial charge is 0.413 e. The number of para-hydroxylation sites is 1. The number of anilines is 2. The average Bonchev–Trinajstić information content (AvgIpc) is 3.34. The second kappa shape index (κ2) is 11.8. The second-order valence-corrected chi connectivity index (χ2v) is 12.4. The number of fused-ring (bicyclic) bond motifs is 1. The summed E-state index contributed by atoms with van der Waals surface area (Å²) in [5.74, 6) is 0.731. The molecule has 2 N–H and O–H groups in total. The zero-order chi connectivity index (χ0) is 28.3. The number of carbonyl (C=O) groups is 1. The Morgan fingerprint density at radius 1 is 1.12 bits per heavy atom. The van der Waals surface area contributed by atoms with Crippen molar-refractivity contribution in [1.29, 1.82) is 0 Å². The van der Waals surface area contributed by atoms with Crippen LogP contribution in [0.4, 0.5) is 15.7 Å². The molecule has 1 aromatic carbocycles. The fourth-order valence-corrected chi connectivity index (χ4v) is 7.58. The number of hydrogen-bond acceptors (Lipinski definition) is 12. The van der Waals surface area contributed by atoms with E-state index < -0.39 is 16.1 Å². The molecule has 0 bridgehead atoms. The highest BCUT2D eigenvalue weighted by Crippen LogP contribution is 2.31. The van der Waals surface area contributed by atoms with Crippen LogP contribution in [-0.4, -0.2) is 94.5 Å². The Labute approximate surface area is 235 Å². The van der Waals surface area contributed by atoms with Crippen LogP contribution in [0, 0.1) is 6.92 Å². The van der Waals surface area contributed by atoms with E-state index >= 15 is 0 Å². The molecule has 0 aliphatic carbocycles. The van der Waals surface area contributed by atoms with E-state index in [1.165, 1.54) is 17.7 Å². The number of methoxy groups -OCH3 is 1. The van der Waals surface area contributed by atoms with E-state index in [9.17, 15) is 13.2 Å². The summed E-state index contributed by atoms with van der Waals surface area (Å²) in [7, 11) is -2.50. The van der Waals surface area contributed by atoms with Gasteiger partial charge in [0.1, 0.15) is 18.5 Å². The third-order valence-corrected chi connectivity index (χ3v) is 10.1. The number of aromatic nitrogens is 5. The summed E-state index contributed by atoms with van der Waals surface area (Å²) in [4.78, 5) is 35.1. The number of nitrogens with zero attached hydrogens (tertiary/aromatic N) is 7. The molecule has 0 radical (unpaired) electrons. The lowest BCUT2D eigenvalue weighted by Gasteiger charge is -2.35. The SMILES string of the molecule is COC(=O)Nc1nc(C)c(S(=O)(=O)N2CCN(C[C@H](C)Nc3ncnc4c(-c5cncnc5)cccc34)CC2)s1. The highest BCUT2D eigenvalue weighted by Gasteiger charge is 2.32. The van der Waals surface area contributed by atoms with Gasteiger partial charge < -0.3 is 10.1 Å². The van der Waals surface area contributed by atoms with E-state index in [0.29, 0.717) is 38.4 Å². The molecule has 1 aliphatic heterocycles. The monoisotopic (exact) mass is 583 g/mol. The molecule has 1 atom stereocenters. The zero-order valence-corrected chi connectivity index (χ0v) is 23.9. The molecular weight excluding hydrogens is 554 g/mol. The van der Waals surface area contributed by atoms with Crippen molar-refractivity contribution in [3.63, 3.8) is 0 Å². The molecule has 1 amide bonds. The predicted molar refractivity (Wildman–Crippen MR) is 152 cm³/mol. The maximum absolute atomic E-state index is 13.3. The molecule has 13 nitrogen and oxygen atoms in total. The van der Waals surface area contributed by atoms with Crippen molar-refractivity contribution in [2.24, 2.45) is 0 Å². The van der Waals surface area contributed by atoms with Crippen LogP contribution in [0.1, 0.15) is 12.6 Å². The average molecular weight is 584 g/mol. The largest absolute Gasteiger partial charge is 0.453 e. The van der Waals surface area contributed by atoms with Gasteiger partial charge in [0, 0.05) is 67.7 Å². The van der Waals surface area contributed by atoms with Crippen LogP contribution in [0.5, 0.6) is 0 Å². The molecule has 40 heavy (non-hydrogen) atoms. The number of nitrogens with one attached hydrogen (secondary N) is 2. The number of rotatable bonds is 8. The summed E-state index contributed by atoms with van der Waals surface area (Å²) < 4.78 is 32.8. The molecule has 210 valence electrons. The summed E-state index contributed by atoms with van der Waals surface area (Å²) >= 11 is 0.922. The Morgan fingerprint density at radius 3 is 2.60 bits per heavy atom. The van der Waals surface area contributed by atoms with Gasteiger partial charge in [-0.05, 0) is 19.9 Å². The fraction of sp³-hybridized carbons (Fsp3) is 0.360. The highest BCUT2D eigenvalue weighted by molar-refractivity contribution is 7.91. The Balaban J connectivity index is 1.22. The minimum Gasteiger partial charge on any atom is -0.453 e. The van der Waals surface area contributed by atoms with Crippen LogP contribution in [0.25, 0.3) is 22.0 Å². The lowest BCUT2D eigenvalue weighted by atomic mass is 10.0. The minimum atomic E-state index is -3.74. The van der Waals surface area contributed by atoms with Gasteiger partial charge in [-0.15, -0.1) is 0 Å². The van der Waals surface area contributed by atoms with Crippen LogP contribution in [-0.2, 0) is 14.8 Å². The van der Waals surface area contributed by atoms with Gasteiger partial charge in [-0.25, -0.2) is 38.1 Å². The number of hydrogen-bond donors (Lipinski definition) is 2. The first-order chi connectivity index (χ1) is 19.3. The number of carbonyl (C=O) groups excluding carboxylic acids is 1. The van der Waals surface area contributed by atoms with E-state index in [-0.39, 0.29) is 15.4 Å². The van der Waals surface area contributed by atoms with Crippen molar-refractivity contribution < 1.29 is 17.9 Å². The zero-order valence-electron chi connectivity index (χ0n) is 22.2. The minimum absolute atomic E-state index is 0.0423. The number of ether oxygens (including phenoxy) is 1. The topological polar surface area (TPSA) is 155 Å². The third-order valence-electron chi connectivity index (χ3n) is 6.51. The Morgan fingerprint density at radius 2 is 1.88 bits per heavy atom. The van der Waals surface area contributed by atoms with Crippen LogP contribution in [0.2, 0.25) is 0 Å². The standard InChI is InChI=1S/C25H29N9O4S2/c1-16(30-22-20-6-4-5-19(21(20)28-15-29-22)18-11-26-14-27-12-18)13-33-7-9-34(10-8-33)40(36,37)23-17(2)31-24(39-23)32-25(35)38-3/h4-6,11-12,14-16H,7-10,13H2,1-3H3,(H,28,29,30)(H,31,32,35)/t16-/m0/s1. The van der Waals surface area contributed by atoms with E-state index in [2.05, 4.69) is 52.1 Å². The van der Waals surface area contributed by atoms with Crippen molar-refractivity contribution in [2.75, 3.05) is 50.5 Å². The van der Waals surface area contributed by atoms with Gasteiger partial charge in [-0.2, -0.15) is 4.31 Å². The second-order valence-electron chi connectivity index (χ2n) is 9.31. The summed E-state index contributed by atoms with van der Waals surface area (Å²) in [6.07, 6.45) is 5.86. The first kappa shape index (κ1) is 27.8. The first-order valence-corrected chi connectivity index (χ1v) is 14.8. The summed E-state index contributed by atoms with van der Waals surface area (Å²) in [6, 6.07) is 5.97. The van der Waals surface area contributed by atoms with Gasteiger partial charge in [0.25, 0.3) is 10.0 Å². The van der Waals surface area contributed by atoms with E-state index in [0.717, 1.165) is 39.2 Å². The molecular formula is C25H29N9O4S2. The van der Waals surface area contributed by atoms with E-state index in [4.69, 9.17) is 0 Å². The van der Waals surface area contributed by atoms with Gasteiger partial charge in [-0.1, -0.05) is 23.5 Å². The molecule has 0 spiro atoms. The summed E-state index contributed by atoms with van der Waals surface area (Å²) in [6.45, 7) is 6.26. The molecule has 0 unspecified atom stereocenters. The quantitative estimate of drug-likeness (QED) is 0.314. The maximum atomic E-state index is 13.3. The van der Waals surface area contributed by atoms with Crippen LogP contribution < -0.4 is 10.6 Å². The van der Waals surface area contributed by atoms with Gasteiger partial charge in [0.15, 0.2) is 9.34 Å². The third kappa shape index (κ3) is 5.86. The lowest BCUT2D eigenvalue weighted by Crippen LogP contribution is -2.50. The lowest BCUT2D eigenvalue weighted by molar-refractivity contribution is 0.184. The molecule has 3 aromatic heterocycles. The molecule has 0 saturated carbocycles. The van der Waals surface area contributed by atoms with Crippen molar-refractivity contribution in [3.05, 3.63) is 48.9 Å². The normalized spacial score (nSPS) is 15.6. The Bertz CT molecular complexity index is 1610. The highest BCUT2D eigenvalue weighted by atomic mass is 32.2. The van der Waals surface area contributed by atoms with Gasteiger partial charge >= 0.3 is 6.09 Å². The van der Waals surface area contributed by atoms with E-state index in [1.54, 1.807) is 25.6 Å². The molecule has 1 aliphatic rings. The van der Waals surface area contributed by atoms with Crippen molar-refractivity contribution in [2.45, 2.75) is 24.1 Å². The molecule has 5 rings (SSSR count). The molecule has 1 fully saturated rings. The van der Waals surface area contributed by atoms with Crippen molar-refractivity contribution in [1.82, 2.24) is 34.1 Å². The van der Waals surface area contributed by atoms with E-state index in [1.807, 2.05) is 18.2 Å². The van der Waals surface area contributed by atoms with Gasteiger partial charge in [-0.3, -0.25) is 10.2 Å². The number of aryl methyl sites for hydroxylation is 1. The summed E-state index contributed by atoms with van der Waals surface area (Å²) in [5.41, 5.74) is 2.96. The maximum Gasteiger partial charge on any atom is 0.413 e. The van der Waals surface area contributed by atoms with Crippen LogP contribution >= 0.6 is 11.3 Å². The molecule has 4 heterocycles. The van der Waals surface area contributed by atoms with Crippen molar-refractivity contribution >= 4 is 49.3 Å². The number of thiazole rings is 1. The number of sulfonamides is 1. The molecule has 4 aromatic rings. The summed E-state index contributed by atoms with van der Waals surface area (Å²) in [5, 5.41) is 7.01.